The SMILES string of the molecule is CC(C)CC(NC(=O)CN)C(=O)NC(CCC(N)=O)C(=O)NC(Cc1cnc[nH]1)C(=O)O. The van der Waals surface area contributed by atoms with E-state index in [1.807, 2.05) is 13.8 Å². The number of nitrogens with two attached hydrogens (primary N) is 2. The van der Waals surface area contributed by atoms with Crippen molar-refractivity contribution >= 4 is 29.6 Å². The molecule has 1 aromatic rings. The zero-order valence-electron chi connectivity index (χ0n) is 18.1. The molecule has 1 rings (SSSR count). The number of carboxylic acids is 1. The number of imidazole rings is 1. The van der Waals surface area contributed by atoms with Crippen LogP contribution in [0.4, 0.5) is 0 Å². The number of carbonyl (C=O) groups is 5. The predicted octanol–water partition coefficient (Wildman–Crippen LogP) is -2.24. The van der Waals surface area contributed by atoms with Crippen molar-refractivity contribution < 1.29 is 29.1 Å². The molecule has 1 heterocycles. The number of amides is 4. The zero-order valence-corrected chi connectivity index (χ0v) is 18.1. The lowest BCUT2D eigenvalue weighted by molar-refractivity contribution is -0.142. The summed E-state index contributed by atoms with van der Waals surface area (Å²) in [6.45, 7) is 3.37. The van der Waals surface area contributed by atoms with Gasteiger partial charge < -0.3 is 37.5 Å². The Labute approximate surface area is 185 Å². The van der Waals surface area contributed by atoms with Crippen molar-refractivity contribution in [1.82, 2.24) is 25.9 Å². The average molecular weight is 454 g/mol. The summed E-state index contributed by atoms with van der Waals surface area (Å²) in [4.78, 5) is 66.6. The Bertz CT molecular complexity index is 796. The van der Waals surface area contributed by atoms with Gasteiger partial charge >= 0.3 is 5.97 Å². The minimum Gasteiger partial charge on any atom is -0.480 e. The Morgan fingerprint density at radius 2 is 1.69 bits per heavy atom. The Balaban J connectivity index is 2.96. The Hall–Kier alpha value is -3.48. The third-order valence-corrected chi connectivity index (χ3v) is 4.45. The third kappa shape index (κ3) is 9.55. The summed E-state index contributed by atoms with van der Waals surface area (Å²) in [5, 5.41) is 16.8. The zero-order chi connectivity index (χ0) is 24.3. The first kappa shape index (κ1) is 26.6. The summed E-state index contributed by atoms with van der Waals surface area (Å²) in [6, 6.07) is -3.52. The molecule has 0 saturated carbocycles. The van der Waals surface area contributed by atoms with Crippen LogP contribution in [-0.2, 0) is 30.4 Å². The lowest BCUT2D eigenvalue weighted by Crippen LogP contribution is -2.56. The van der Waals surface area contributed by atoms with E-state index in [0.717, 1.165) is 0 Å². The summed E-state index contributed by atoms with van der Waals surface area (Å²) in [7, 11) is 0. The van der Waals surface area contributed by atoms with Gasteiger partial charge in [0.05, 0.1) is 12.9 Å². The van der Waals surface area contributed by atoms with Crippen molar-refractivity contribution in [2.75, 3.05) is 6.54 Å². The number of rotatable bonds is 14. The van der Waals surface area contributed by atoms with Crippen LogP contribution in [0.1, 0.15) is 38.8 Å². The molecule has 9 N–H and O–H groups in total. The number of aliphatic carboxylic acids is 1. The highest BCUT2D eigenvalue weighted by Gasteiger charge is 2.30. The van der Waals surface area contributed by atoms with Gasteiger partial charge in [-0.25, -0.2) is 9.78 Å². The van der Waals surface area contributed by atoms with Gasteiger partial charge in [-0.1, -0.05) is 13.8 Å². The van der Waals surface area contributed by atoms with Crippen molar-refractivity contribution in [3.63, 3.8) is 0 Å². The molecule has 0 spiro atoms. The van der Waals surface area contributed by atoms with Crippen LogP contribution < -0.4 is 27.4 Å². The average Bonchev–Trinajstić information content (AvgIpc) is 3.22. The topological polar surface area (TPSA) is 222 Å². The fourth-order valence-electron chi connectivity index (χ4n) is 2.87. The number of primary amides is 1. The normalized spacial score (nSPS) is 13.6. The lowest BCUT2D eigenvalue weighted by Gasteiger charge is -2.25. The van der Waals surface area contributed by atoms with E-state index in [0.29, 0.717) is 5.69 Å². The molecule has 178 valence electrons. The van der Waals surface area contributed by atoms with Crippen LogP contribution in [-0.4, -0.2) is 69.3 Å². The number of nitrogens with one attached hydrogen (secondary N) is 4. The van der Waals surface area contributed by atoms with Crippen LogP contribution in [0.5, 0.6) is 0 Å². The second-order valence-corrected chi connectivity index (χ2v) is 7.70. The summed E-state index contributed by atoms with van der Waals surface area (Å²) < 4.78 is 0. The smallest absolute Gasteiger partial charge is 0.326 e. The van der Waals surface area contributed by atoms with E-state index in [2.05, 4.69) is 25.9 Å². The number of aromatic nitrogens is 2. The van der Waals surface area contributed by atoms with E-state index in [1.54, 1.807) is 0 Å². The standard InChI is InChI=1S/C19H31N7O6/c1-10(2)5-13(24-16(28)7-20)18(30)25-12(3-4-15(21)27)17(29)26-14(19(31)32)6-11-8-22-9-23-11/h8-10,12-14H,3-7,20H2,1-2H3,(H2,21,27)(H,22,23)(H,24,28)(H,25,30)(H,26,29)(H,31,32). The van der Waals surface area contributed by atoms with Crippen molar-refractivity contribution in [2.24, 2.45) is 17.4 Å². The number of nitrogens with zero attached hydrogens (tertiary/aromatic N) is 1. The summed E-state index contributed by atoms with van der Waals surface area (Å²) >= 11 is 0. The van der Waals surface area contributed by atoms with E-state index >= 15 is 0 Å². The van der Waals surface area contributed by atoms with Gasteiger partial charge in [-0.15, -0.1) is 0 Å². The van der Waals surface area contributed by atoms with Gasteiger partial charge in [0.1, 0.15) is 18.1 Å². The largest absolute Gasteiger partial charge is 0.480 e. The maximum Gasteiger partial charge on any atom is 0.326 e. The molecular formula is C19H31N7O6. The molecule has 0 aromatic carbocycles. The number of hydrogen-bond donors (Lipinski definition) is 7. The second-order valence-electron chi connectivity index (χ2n) is 7.70. The number of aromatic amines is 1. The second kappa shape index (κ2) is 13.0. The van der Waals surface area contributed by atoms with Gasteiger partial charge in [0, 0.05) is 24.7 Å². The molecule has 0 fully saturated rings. The van der Waals surface area contributed by atoms with Crippen molar-refractivity contribution in [2.45, 2.75) is 57.7 Å². The molecule has 13 heteroatoms. The first-order valence-electron chi connectivity index (χ1n) is 10.1. The van der Waals surface area contributed by atoms with Gasteiger partial charge in [-0.05, 0) is 18.8 Å². The van der Waals surface area contributed by atoms with E-state index in [4.69, 9.17) is 11.5 Å². The Kier molecular flexibility index (Phi) is 10.8. The van der Waals surface area contributed by atoms with Crippen LogP contribution in [0, 0.1) is 5.92 Å². The molecule has 0 aliphatic rings. The first-order chi connectivity index (χ1) is 15.0. The Morgan fingerprint density at radius 1 is 1.06 bits per heavy atom. The van der Waals surface area contributed by atoms with Crippen molar-refractivity contribution in [3.8, 4) is 0 Å². The highest BCUT2D eigenvalue weighted by atomic mass is 16.4. The Morgan fingerprint density at radius 3 is 2.19 bits per heavy atom. The van der Waals surface area contributed by atoms with Crippen LogP contribution in [0.3, 0.4) is 0 Å². The van der Waals surface area contributed by atoms with Gasteiger partial charge in [-0.2, -0.15) is 0 Å². The first-order valence-corrected chi connectivity index (χ1v) is 10.1. The van der Waals surface area contributed by atoms with Gasteiger partial charge in [0.25, 0.3) is 0 Å². The molecule has 3 unspecified atom stereocenters. The number of H-pyrrole nitrogens is 1. The van der Waals surface area contributed by atoms with Crippen LogP contribution in [0.2, 0.25) is 0 Å². The molecule has 0 saturated heterocycles. The van der Waals surface area contributed by atoms with E-state index in [-0.39, 0.29) is 38.1 Å². The molecule has 0 radical (unpaired) electrons. The lowest BCUT2D eigenvalue weighted by atomic mass is 10.0. The highest BCUT2D eigenvalue weighted by molar-refractivity contribution is 5.93. The van der Waals surface area contributed by atoms with Crippen LogP contribution >= 0.6 is 0 Å². The van der Waals surface area contributed by atoms with Gasteiger partial charge in [0.2, 0.25) is 23.6 Å². The molecule has 0 bridgehead atoms. The molecule has 4 amide bonds. The number of hydrogen-bond acceptors (Lipinski definition) is 7. The van der Waals surface area contributed by atoms with E-state index in [9.17, 15) is 29.1 Å². The maximum atomic E-state index is 12.8. The minimum absolute atomic E-state index is 0.0347. The highest BCUT2D eigenvalue weighted by Crippen LogP contribution is 2.08. The van der Waals surface area contributed by atoms with Crippen molar-refractivity contribution in [3.05, 3.63) is 18.2 Å². The summed E-state index contributed by atoms with van der Waals surface area (Å²) in [5.41, 5.74) is 10.9. The van der Waals surface area contributed by atoms with Gasteiger partial charge in [-0.3, -0.25) is 19.2 Å². The van der Waals surface area contributed by atoms with Crippen LogP contribution in [0.15, 0.2) is 12.5 Å². The summed E-state index contributed by atoms with van der Waals surface area (Å²) in [6.07, 6.45) is 2.63. The minimum atomic E-state index is -1.31. The molecule has 13 nitrogen and oxygen atoms in total. The van der Waals surface area contributed by atoms with Crippen molar-refractivity contribution in [1.29, 1.82) is 0 Å². The predicted molar refractivity (Wildman–Crippen MR) is 113 cm³/mol. The number of carboxylic acid groups (broad SMARTS) is 1. The molecule has 32 heavy (non-hydrogen) atoms. The molecule has 0 aliphatic carbocycles. The molecule has 0 aliphatic heterocycles. The summed E-state index contributed by atoms with van der Waals surface area (Å²) in [5.74, 6) is -3.97. The molecule has 3 atom stereocenters. The van der Waals surface area contributed by atoms with Crippen LogP contribution in [0.25, 0.3) is 0 Å². The fourth-order valence-corrected chi connectivity index (χ4v) is 2.87. The molecule has 1 aromatic heterocycles. The third-order valence-electron chi connectivity index (χ3n) is 4.45. The fraction of sp³-hybridized carbons (Fsp3) is 0.579. The number of carbonyl (C=O) groups excluding carboxylic acids is 4. The van der Waals surface area contributed by atoms with E-state index < -0.39 is 47.7 Å². The van der Waals surface area contributed by atoms with E-state index in [1.165, 1.54) is 12.5 Å². The molecular weight excluding hydrogens is 422 g/mol. The maximum absolute atomic E-state index is 12.8. The quantitative estimate of drug-likeness (QED) is 0.163. The van der Waals surface area contributed by atoms with Gasteiger partial charge in [0.15, 0.2) is 0 Å². The monoisotopic (exact) mass is 453 g/mol.